The van der Waals surface area contributed by atoms with Gasteiger partial charge >= 0.3 is 0 Å². The molecule has 0 aliphatic heterocycles. The Morgan fingerprint density at radius 1 is 1.23 bits per heavy atom. The average Bonchev–Trinajstić information content (AvgIpc) is 3.05. The summed E-state index contributed by atoms with van der Waals surface area (Å²) in [6.45, 7) is 3.88. The molecule has 7 heteroatoms. The maximum Gasteiger partial charge on any atom is 0.244 e. The van der Waals surface area contributed by atoms with Crippen molar-refractivity contribution in [2.24, 2.45) is 0 Å². The normalized spacial score (nSPS) is 13.0. The number of rotatable bonds is 7. The SMILES string of the molecule is CCOc1ccc(C)cc1S(=O)(=O)NCC(O)c1csc2ccccc12. The van der Waals surface area contributed by atoms with Gasteiger partial charge in [-0.25, -0.2) is 13.1 Å². The van der Waals surface area contributed by atoms with Crippen molar-refractivity contribution in [2.75, 3.05) is 13.2 Å². The van der Waals surface area contributed by atoms with Crippen LogP contribution in [0, 0.1) is 6.92 Å². The third kappa shape index (κ3) is 3.91. The molecule has 26 heavy (non-hydrogen) atoms. The van der Waals surface area contributed by atoms with Gasteiger partial charge in [0, 0.05) is 16.8 Å². The van der Waals surface area contributed by atoms with Crippen molar-refractivity contribution in [3.05, 3.63) is 59.0 Å². The number of aryl methyl sites for hydroxylation is 1. The fourth-order valence-corrected chi connectivity index (χ4v) is 5.01. The predicted molar refractivity (Wildman–Crippen MR) is 104 cm³/mol. The number of nitrogens with one attached hydrogen (secondary N) is 1. The molecule has 0 radical (unpaired) electrons. The lowest BCUT2D eigenvalue weighted by molar-refractivity contribution is 0.184. The van der Waals surface area contributed by atoms with Crippen molar-refractivity contribution in [1.82, 2.24) is 4.72 Å². The number of fused-ring (bicyclic) bond motifs is 1. The van der Waals surface area contributed by atoms with Gasteiger partial charge in [-0.15, -0.1) is 11.3 Å². The lowest BCUT2D eigenvalue weighted by Gasteiger charge is -2.15. The van der Waals surface area contributed by atoms with E-state index in [4.69, 9.17) is 4.74 Å². The summed E-state index contributed by atoms with van der Waals surface area (Å²) in [6, 6.07) is 12.8. The molecule has 1 aromatic heterocycles. The lowest BCUT2D eigenvalue weighted by Crippen LogP contribution is -2.29. The van der Waals surface area contributed by atoms with Crippen molar-refractivity contribution in [3.8, 4) is 5.75 Å². The number of hydrogen-bond donors (Lipinski definition) is 2. The van der Waals surface area contributed by atoms with E-state index in [2.05, 4.69) is 4.72 Å². The molecular weight excluding hydrogens is 370 g/mol. The van der Waals surface area contributed by atoms with Crippen LogP contribution in [-0.4, -0.2) is 26.7 Å². The maximum absolute atomic E-state index is 12.7. The molecule has 5 nitrogen and oxygen atoms in total. The van der Waals surface area contributed by atoms with E-state index in [-0.39, 0.29) is 11.4 Å². The molecule has 3 aromatic rings. The van der Waals surface area contributed by atoms with E-state index in [1.54, 1.807) is 25.1 Å². The zero-order valence-electron chi connectivity index (χ0n) is 14.6. The van der Waals surface area contributed by atoms with Gasteiger partial charge in [0.15, 0.2) is 0 Å². The maximum atomic E-state index is 12.7. The Morgan fingerprint density at radius 2 is 2.00 bits per heavy atom. The zero-order chi connectivity index (χ0) is 18.7. The molecule has 0 aliphatic carbocycles. The number of aliphatic hydroxyl groups is 1. The van der Waals surface area contributed by atoms with Gasteiger partial charge in [-0.1, -0.05) is 24.3 Å². The number of benzene rings is 2. The molecule has 138 valence electrons. The van der Waals surface area contributed by atoms with Crippen molar-refractivity contribution in [2.45, 2.75) is 24.8 Å². The minimum atomic E-state index is -3.81. The highest BCUT2D eigenvalue weighted by atomic mass is 32.2. The van der Waals surface area contributed by atoms with Crippen LogP contribution in [0.15, 0.2) is 52.7 Å². The number of sulfonamides is 1. The second kappa shape index (κ2) is 7.75. The van der Waals surface area contributed by atoms with Crippen molar-refractivity contribution in [1.29, 1.82) is 0 Å². The molecular formula is C19H21NO4S2. The largest absolute Gasteiger partial charge is 0.492 e. The average molecular weight is 392 g/mol. The van der Waals surface area contributed by atoms with Crippen LogP contribution >= 0.6 is 11.3 Å². The van der Waals surface area contributed by atoms with Crippen LogP contribution in [0.1, 0.15) is 24.2 Å². The summed E-state index contributed by atoms with van der Waals surface area (Å²) in [5.74, 6) is 0.307. The predicted octanol–water partition coefficient (Wildman–Crippen LogP) is 3.62. The summed E-state index contributed by atoms with van der Waals surface area (Å²) in [5, 5.41) is 13.3. The first-order valence-corrected chi connectivity index (χ1v) is 10.7. The van der Waals surface area contributed by atoms with Crippen molar-refractivity contribution < 1.29 is 18.3 Å². The summed E-state index contributed by atoms with van der Waals surface area (Å²) in [6.07, 6.45) is -0.929. The summed E-state index contributed by atoms with van der Waals surface area (Å²) >= 11 is 1.53. The van der Waals surface area contributed by atoms with Crippen LogP contribution < -0.4 is 9.46 Å². The number of aliphatic hydroxyl groups excluding tert-OH is 1. The first-order chi connectivity index (χ1) is 12.4. The summed E-state index contributed by atoms with van der Waals surface area (Å²) in [7, 11) is -3.81. The number of thiophene rings is 1. The van der Waals surface area contributed by atoms with E-state index >= 15 is 0 Å². The van der Waals surface area contributed by atoms with Gasteiger partial charge in [-0.05, 0) is 48.4 Å². The Balaban J connectivity index is 1.81. The Kier molecular flexibility index (Phi) is 5.62. The quantitative estimate of drug-likeness (QED) is 0.645. The Hall–Kier alpha value is -1.93. The standard InChI is InChI=1S/C19H21NO4S2/c1-3-24-17-9-8-13(2)10-19(17)26(22,23)20-11-16(21)15-12-25-18-7-5-4-6-14(15)18/h4-10,12,16,20-21H,3,11H2,1-2H3. The fraction of sp³-hybridized carbons (Fsp3) is 0.263. The second-order valence-electron chi connectivity index (χ2n) is 5.94. The van der Waals surface area contributed by atoms with Crippen molar-refractivity contribution >= 4 is 31.4 Å². The minimum absolute atomic E-state index is 0.0849. The lowest BCUT2D eigenvalue weighted by atomic mass is 10.1. The fourth-order valence-electron chi connectivity index (χ4n) is 2.73. The number of ether oxygens (including phenoxy) is 1. The molecule has 3 rings (SSSR count). The highest BCUT2D eigenvalue weighted by Crippen LogP contribution is 2.30. The molecule has 0 amide bonds. The van der Waals surface area contributed by atoms with Crippen LogP contribution in [0.25, 0.3) is 10.1 Å². The van der Waals surface area contributed by atoms with E-state index in [1.807, 2.05) is 36.6 Å². The molecule has 1 heterocycles. The summed E-state index contributed by atoms with van der Waals surface area (Å²) < 4.78 is 34.4. The molecule has 0 fully saturated rings. The minimum Gasteiger partial charge on any atom is -0.492 e. The molecule has 1 unspecified atom stereocenters. The molecule has 2 N–H and O–H groups in total. The second-order valence-corrected chi connectivity index (χ2v) is 8.58. The molecule has 0 aliphatic rings. The van der Waals surface area contributed by atoms with Gasteiger partial charge in [0.25, 0.3) is 0 Å². The topological polar surface area (TPSA) is 75.6 Å². The van der Waals surface area contributed by atoms with Gasteiger partial charge in [-0.2, -0.15) is 0 Å². The monoisotopic (exact) mass is 391 g/mol. The first-order valence-electron chi connectivity index (χ1n) is 8.29. The van der Waals surface area contributed by atoms with Gasteiger partial charge in [0.05, 0.1) is 12.7 Å². The van der Waals surface area contributed by atoms with Gasteiger partial charge < -0.3 is 9.84 Å². The van der Waals surface area contributed by atoms with Crippen molar-refractivity contribution in [3.63, 3.8) is 0 Å². The first kappa shape index (κ1) is 18.8. The van der Waals surface area contributed by atoms with Crippen LogP contribution in [0.4, 0.5) is 0 Å². The molecule has 0 spiro atoms. The zero-order valence-corrected chi connectivity index (χ0v) is 16.2. The van der Waals surface area contributed by atoms with Crippen LogP contribution in [-0.2, 0) is 10.0 Å². The van der Waals surface area contributed by atoms with Gasteiger partial charge in [0.1, 0.15) is 10.6 Å². The van der Waals surface area contributed by atoms with Gasteiger partial charge in [0.2, 0.25) is 10.0 Å². The van der Waals surface area contributed by atoms with Gasteiger partial charge in [-0.3, -0.25) is 0 Å². The van der Waals surface area contributed by atoms with Crippen LogP contribution in [0.5, 0.6) is 5.75 Å². The summed E-state index contributed by atoms with van der Waals surface area (Å²) in [4.78, 5) is 0.0849. The van der Waals surface area contributed by atoms with Crippen LogP contribution in [0.3, 0.4) is 0 Å². The smallest absolute Gasteiger partial charge is 0.244 e. The Bertz CT molecular complexity index is 1010. The van der Waals surface area contributed by atoms with Crippen LogP contribution in [0.2, 0.25) is 0 Å². The Morgan fingerprint density at radius 3 is 2.77 bits per heavy atom. The molecule has 0 bridgehead atoms. The highest BCUT2D eigenvalue weighted by Gasteiger charge is 2.22. The summed E-state index contributed by atoms with van der Waals surface area (Å²) in [5.41, 5.74) is 1.54. The third-order valence-corrected chi connectivity index (χ3v) is 6.45. The molecule has 2 aromatic carbocycles. The molecule has 1 atom stereocenters. The van der Waals surface area contributed by atoms with E-state index in [1.165, 1.54) is 11.3 Å². The van der Waals surface area contributed by atoms with E-state index < -0.39 is 16.1 Å². The number of hydrogen-bond acceptors (Lipinski definition) is 5. The molecule has 0 saturated heterocycles. The Labute approximate surface area is 157 Å². The highest BCUT2D eigenvalue weighted by molar-refractivity contribution is 7.89. The van der Waals surface area contributed by atoms with E-state index in [9.17, 15) is 13.5 Å². The van der Waals surface area contributed by atoms with E-state index in [0.717, 1.165) is 21.2 Å². The molecule has 0 saturated carbocycles. The third-order valence-electron chi connectivity index (χ3n) is 4.03. The van der Waals surface area contributed by atoms with E-state index in [0.29, 0.717) is 12.4 Å².